The lowest BCUT2D eigenvalue weighted by Gasteiger charge is -2.14. The number of hydrogen-bond donors (Lipinski definition) is 3. The van der Waals surface area contributed by atoms with Gasteiger partial charge >= 0.3 is 0 Å². The summed E-state index contributed by atoms with van der Waals surface area (Å²) in [6.07, 6.45) is 2.80. The summed E-state index contributed by atoms with van der Waals surface area (Å²) in [6, 6.07) is 25.9. The summed E-state index contributed by atoms with van der Waals surface area (Å²) in [5.41, 5.74) is 14.0. The molecule has 4 rings (SSSR count). The fourth-order valence-corrected chi connectivity index (χ4v) is 3.26. The lowest BCUT2D eigenvalue weighted by atomic mass is 10.1. The molecule has 0 aliphatic heterocycles. The van der Waals surface area contributed by atoms with Crippen LogP contribution in [0.15, 0.2) is 90.8 Å². The first-order chi connectivity index (χ1) is 16.5. The Kier molecular flexibility index (Phi) is 6.47. The highest BCUT2D eigenvalue weighted by molar-refractivity contribution is 6.00. The van der Waals surface area contributed by atoms with Gasteiger partial charge in [0, 0.05) is 5.69 Å². The van der Waals surface area contributed by atoms with Crippen molar-refractivity contribution in [3.8, 4) is 28.7 Å². The van der Waals surface area contributed by atoms with Crippen molar-refractivity contribution in [3.63, 3.8) is 0 Å². The number of ether oxygens (including phenoxy) is 1. The normalized spacial score (nSPS) is 10.9. The van der Waals surface area contributed by atoms with Crippen LogP contribution >= 0.6 is 0 Å². The molecular weight excluding hydrogens is 428 g/mol. The monoisotopic (exact) mass is 448 g/mol. The molecule has 0 saturated heterocycles. The molecule has 0 radical (unpaired) electrons. The third-order valence-electron chi connectivity index (χ3n) is 4.84. The second-order valence-corrected chi connectivity index (χ2v) is 7.21. The number of amides is 1. The first kappa shape index (κ1) is 22.0. The average molecular weight is 448 g/mol. The van der Waals surface area contributed by atoms with Crippen LogP contribution in [-0.2, 0) is 4.79 Å². The van der Waals surface area contributed by atoms with E-state index in [0.29, 0.717) is 34.2 Å². The molecule has 3 aromatic carbocycles. The number of rotatable bonds is 7. The molecule has 0 spiro atoms. The van der Waals surface area contributed by atoms with E-state index in [-0.39, 0.29) is 5.57 Å². The van der Waals surface area contributed by atoms with Crippen LogP contribution in [0.2, 0.25) is 0 Å². The van der Waals surface area contributed by atoms with Crippen LogP contribution in [0.25, 0.3) is 17.2 Å². The zero-order valence-electron chi connectivity index (χ0n) is 18.0. The van der Waals surface area contributed by atoms with E-state index >= 15 is 0 Å². The van der Waals surface area contributed by atoms with E-state index in [4.69, 9.17) is 21.5 Å². The van der Waals surface area contributed by atoms with Gasteiger partial charge < -0.3 is 21.5 Å². The Morgan fingerprint density at radius 3 is 2.41 bits per heavy atom. The number of nitrogens with two attached hydrogens (primary N) is 2. The molecule has 0 fully saturated rings. The summed E-state index contributed by atoms with van der Waals surface area (Å²) in [6.45, 7) is 0. The zero-order chi connectivity index (χ0) is 23.9. The topological polar surface area (TPSA) is 140 Å². The number of carbonyl (C=O) groups excluding carboxylic acids is 1. The van der Waals surface area contributed by atoms with Crippen LogP contribution in [0, 0.1) is 11.3 Å². The van der Waals surface area contributed by atoms with Gasteiger partial charge in [0.2, 0.25) is 0 Å². The van der Waals surface area contributed by atoms with E-state index in [1.165, 1.54) is 12.4 Å². The smallest absolute Gasteiger partial charge is 0.259 e. The lowest BCUT2D eigenvalue weighted by Crippen LogP contribution is -2.12. The minimum Gasteiger partial charge on any atom is -0.457 e. The van der Waals surface area contributed by atoms with Gasteiger partial charge in [-0.3, -0.25) is 4.79 Å². The van der Waals surface area contributed by atoms with Crippen molar-refractivity contribution in [2.75, 3.05) is 11.1 Å². The Morgan fingerprint density at radius 1 is 0.971 bits per heavy atom. The number of carbonyl (C=O) groups is 1. The molecule has 8 nitrogen and oxygen atoms in total. The van der Waals surface area contributed by atoms with Crippen LogP contribution in [-0.4, -0.2) is 15.9 Å². The fraction of sp³-hybridized carbons (Fsp3) is 0. The van der Waals surface area contributed by atoms with Crippen molar-refractivity contribution < 1.29 is 9.53 Å². The van der Waals surface area contributed by atoms with Crippen molar-refractivity contribution in [1.29, 1.82) is 5.26 Å². The summed E-state index contributed by atoms with van der Waals surface area (Å²) < 4.78 is 5.86. The third-order valence-corrected chi connectivity index (χ3v) is 4.84. The number of nitrogens with one attached hydrogen (secondary N) is 1. The van der Waals surface area contributed by atoms with Gasteiger partial charge in [-0.15, -0.1) is 0 Å². The summed E-state index contributed by atoms with van der Waals surface area (Å²) >= 11 is 0. The van der Waals surface area contributed by atoms with Gasteiger partial charge in [0.1, 0.15) is 41.1 Å². The quantitative estimate of drug-likeness (QED) is 0.276. The van der Waals surface area contributed by atoms with Crippen molar-refractivity contribution >= 4 is 29.3 Å². The molecule has 0 unspecified atom stereocenters. The highest BCUT2D eigenvalue weighted by Gasteiger charge is 2.13. The van der Waals surface area contributed by atoms with E-state index in [2.05, 4.69) is 15.3 Å². The van der Waals surface area contributed by atoms with Gasteiger partial charge in [0.15, 0.2) is 0 Å². The molecule has 5 N–H and O–H groups in total. The second kappa shape index (κ2) is 9.97. The molecule has 0 saturated carbocycles. The van der Waals surface area contributed by atoms with Crippen LogP contribution in [0.5, 0.6) is 11.5 Å². The number of nitrogens with zero attached hydrogens (tertiary/aromatic N) is 3. The average Bonchev–Trinajstić information content (AvgIpc) is 2.84. The van der Waals surface area contributed by atoms with Crippen molar-refractivity contribution in [1.82, 2.24) is 9.97 Å². The molecule has 1 aromatic heterocycles. The minimum absolute atomic E-state index is 0.137. The summed E-state index contributed by atoms with van der Waals surface area (Å²) in [7, 11) is 0. The van der Waals surface area contributed by atoms with E-state index < -0.39 is 5.91 Å². The number of para-hydroxylation sites is 1. The summed E-state index contributed by atoms with van der Waals surface area (Å²) in [5.74, 6) is 1.45. The fourth-order valence-electron chi connectivity index (χ4n) is 3.26. The number of hydrogen-bond acceptors (Lipinski definition) is 7. The molecule has 34 heavy (non-hydrogen) atoms. The maximum absolute atomic E-state index is 11.4. The van der Waals surface area contributed by atoms with Crippen molar-refractivity contribution in [3.05, 3.63) is 96.3 Å². The molecule has 0 aliphatic rings. The highest BCUT2D eigenvalue weighted by atomic mass is 16.5. The number of nitriles is 1. The van der Waals surface area contributed by atoms with E-state index in [1.807, 2.05) is 60.7 Å². The number of nitrogen functional groups attached to an aromatic ring is 1. The summed E-state index contributed by atoms with van der Waals surface area (Å²) in [4.78, 5) is 19.8. The number of anilines is 3. The zero-order valence-corrected chi connectivity index (χ0v) is 18.0. The van der Waals surface area contributed by atoms with E-state index in [0.717, 1.165) is 11.3 Å². The SMILES string of the molecule is N#C/C(=C\c1cccc(Nc2ncnc(N)c2-c2ccc(Oc3ccccc3)cc2)c1)C(N)=O. The molecule has 0 bridgehead atoms. The van der Waals surface area contributed by atoms with Crippen LogP contribution < -0.4 is 21.5 Å². The molecule has 0 aliphatic carbocycles. The Bertz CT molecular complexity index is 1390. The first-order valence-corrected chi connectivity index (χ1v) is 10.3. The Balaban J connectivity index is 1.62. The maximum Gasteiger partial charge on any atom is 0.259 e. The molecule has 8 heteroatoms. The van der Waals surface area contributed by atoms with Crippen LogP contribution in [0.1, 0.15) is 5.56 Å². The first-order valence-electron chi connectivity index (χ1n) is 10.3. The van der Waals surface area contributed by atoms with Gasteiger partial charge in [-0.1, -0.05) is 42.5 Å². The van der Waals surface area contributed by atoms with Crippen molar-refractivity contribution in [2.24, 2.45) is 5.73 Å². The predicted octanol–water partition coefficient (Wildman–Crippen LogP) is 4.65. The van der Waals surface area contributed by atoms with Gasteiger partial charge in [-0.05, 0) is 53.6 Å². The van der Waals surface area contributed by atoms with Gasteiger partial charge in [-0.2, -0.15) is 5.26 Å². The lowest BCUT2D eigenvalue weighted by molar-refractivity contribution is -0.114. The van der Waals surface area contributed by atoms with E-state index in [1.54, 1.807) is 24.3 Å². The van der Waals surface area contributed by atoms with Crippen molar-refractivity contribution in [2.45, 2.75) is 0 Å². The van der Waals surface area contributed by atoms with Crippen LogP contribution in [0.3, 0.4) is 0 Å². The van der Waals surface area contributed by atoms with Gasteiger partial charge in [0.25, 0.3) is 5.91 Å². The maximum atomic E-state index is 11.4. The highest BCUT2D eigenvalue weighted by Crippen LogP contribution is 2.34. The molecule has 4 aromatic rings. The largest absolute Gasteiger partial charge is 0.457 e. The standard InChI is InChI=1S/C26H20N6O2/c27-15-19(25(29)33)13-17-5-4-6-20(14-17)32-26-23(24(28)30-16-31-26)18-9-11-22(12-10-18)34-21-7-2-1-3-8-21/h1-14,16H,(H2,29,33)(H3,28,30,31,32)/b19-13+. The Hall–Kier alpha value is -5.16. The molecule has 1 amide bonds. The van der Waals surface area contributed by atoms with Crippen LogP contribution in [0.4, 0.5) is 17.3 Å². The number of benzene rings is 3. The second-order valence-electron chi connectivity index (χ2n) is 7.21. The molecule has 1 heterocycles. The molecular formula is C26H20N6O2. The number of aromatic nitrogens is 2. The van der Waals surface area contributed by atoms with Gasteiger partial charge in [0.05, 0.1) is 5.56 Å². The number of primary amides is 1. The van der Waals surface area contributed by atoms with Gasteiger partial charge in [-0.25, -0.2) is 9.97 Å². The third kappa shape index (κ3) is 5.18. The Morgan fingerprint density at radius 2 is 1.71 bits per heavy atom. The summed E-state index contributed by atoms with van der Waals surface area (Å²) in [5, 5.41) is 12.3. The predicted molar refractivity (Wildman–Crippen MR) is 131 cm³/mol. The Labute approximate surface area is 196 Å². The van der Waals surface area contributed by atoms with E-state index in [9.17, 15) is 4.79 Å². The minimum atomic E-state index is -0.786. The molecule has 0 atom stereocenters. The molecule has 166 valence electrons.